The van der Waals surface area contributed by atoms with E-state index in [4.69, 9.17) is 14.9 Å². The van der Waals surface area contributed by atoms with Crippen LogP contribution in [0.15, 0.2) is 47.2 Å². The quantitative estimate of drug-likeness (QED) is 0.0777. The molecular weight excluding hydrogens is 476 g/mol. The summed E-state index contributed by atoms with van der Waals surface area (Å²) in [5.74, 6) is 1.47. The first-order valence-electron chi connectivity index (χ1n) is 14.0. The largest absolute Gasteiger partial charge is 0.508 e. The number of ketones is 1. The van der Waals surface area contributed by atoms with E-state index in [1.165, 1.54) is 32.1 Å². The summed E-state index contributed by atoms with van der Waals surface area (Å²) in [5.41, 5.74) is 2.11. The summed E-state index contributed by atoms with van der Waals surface area (Å²) in [6.45, 7) is 14.5. The lowest BCUT2D eigenvalue weighted by Crippen LogP contribution is -2.09. The molecule has 0 unspecified atom stereocenters. The molecule has 0 atom stereocenters. The molecule has 0 aliphatic rings. The monoisotopic (exact) mass is 530 g/mol. The Bertz CT molecular complexity index is 866. The van der Waals surface area contributed by atoms with Crippen LogP contribution in [-0.4, -0.2) is 42.6 Å². The summed E-state index contributed by atoms with van der Waals surface area (Å²) in [6.07, 6.45) is 14.9. The molecule has 1 rings (SSSR count). The SMILES string of the molecule is CCC(CC)OC(/C=C\C(C)=NC)=C/CC(C)=N.CCCC.CCCCCC(=O)c1cc(O)cc(OC)c1. The van der Waals surface area contributed by atoms with E-state index in [2.05, 4.69) is 39.6 Å². The zero-order valence-corrected chi connectivity index (χ0v) is 25.5. The molecule has 0 aliphatic carbocycles. The minimum Gasteiger partial charge on any atom is -0.508 e. The maximum atomic E-state index is 11.8. The average Bonchev–Trinajstić information content (AvgIpc) is 2.92. The van der Waals surface area contributed by atoms with Crippen LogP contribution in [0.3, 0.4) is 0 Å². The number of aromatic hydroxyl groups is 1. The van der Waals surface area contributed by atoms with Gasteiger partial charge in [-0.1, -0.05) is 60.3 Å². The molecule has 1 aromatic rings. The standard InChI is InChI=1S/C15H26N2O.C13H18O3.C4H10/c1-6-14(7-2)18-15(10-8-12(3)16)11-9-13(4)17-5;1-3-4-5-6-13(15)10-7-11(14)9-12(8-10)16-2;1-3-4-2/h9-11,14,16H,6-8H2,1-5H3;7-9,14H,3-6H2,1-2H3;3-4H2,1-2H3/b11-9-,15-10+,16-12?,17-13?;;. The Balaban J connectivity index is 0. The molecule has 2 N–H and O–H groups in total. The highest BCUT2D eigenvalue weighted by Gasteiger charge is 2.09. The van der Waals surface area contributed by atoms with Gasteiger partial charge in [0.25, 0.3) is 0 Å². The van der Waals surface area contributed by atoms with Gasteiger partial charge in [0, 0.05) is 42.9 Å². The molecular formula is C32H54N2O4. The number of nitrogens with one attached hydrogen (secondary N) is 1. The number of unbranched alkanes of at least 4 members (excludes halogenated alkanes) is 3. The number of Topliss-reactive ketones (excluding diaryl/α,β-unsaturated/α-hetero) is 1. The van der Waals surface area contributed by atoms with E-state index in [1.807, 2.05) is 25.2 Å². The van der Waals surface area contributed by atoms with Crippen molar-refractivity contribution in [2.75, 3.05) is 14.2 Å². The van der Waals surface area contributed by atoms with Crippen molar-refractivity contribution < 1.29 is 19.4 Å². The third-order valence-corrected chi connectivity index (χ3v) is 5.62. The second kappa shape index (κ2) is 24.4. The molecule has 0 saturated heterocycles. The third kappa shape index (κ3) is 20.2. The lowest BCUT2D eigenvalue weighted by atomic mass is 10.0. The van der Waals surface area contributed by atoms with Crippen molar-refractivity contribution in [3.8, 4) is 11.5 Å². The Hall–Kier alpha value is -2.89. The Morgan fingerprint density at radius 2 is 1.63 bits per heavy atom. The van der Waals surface area contributed by atoms with E-state index in [9.17, 15) is 9.90 Å². The van der Waals surface area contributed by atoms with Gasteiger partial charge in [-0.3, -0.25) is 9.79 Å². The Morgan fingerprint density at radius 1 is 1.00 bits per heavy atom. The van der Waals surface area contributed by atoms with Crippen molar-refractivity contribution >= 4 is 17.2 Å². The smallest absolute Gasteiger partial charge is 0.163 e. The Morgan fingerprint density at radius 3 is 2.11 bits per heavy atom. The summed E-state index contributed by atoms with van der Waals surface area (Å²) in [5, 5.41) is 16.9. The summed E-state index contributed by atoms with van der Waals surface area (Å²) < 4.78 is 10.9. The molecule has 1 aromatic carbocycles. The van der Waals surface area contributed by atoms with E-state index < -0.39 is 0 Å². The van der Waals surface area contributed by atoms with Crippen LogP contribution in [0.4, 0.5) is 0 Å². The van der Waals surface area contributed by atoms with Crippen LogP contribution < -0.4 is 4.74 Å². The van der Waals surface area contributed by atoms with Crippen LogP contribution >= 0.6 is 0 Å². The fourth-order valence-electron chi connectivity index (χ4n) is 2.88. The normalized spacial score (nSPS) is 11.4. The number of allylic oxidation sites excluding steroid dienone is 3. The number of benzene rings is 1. The molecule has 6 heteroatoms. The van der Waals surface area contributed by atoms with Crippen LogP contribution in [0.2, 0.25) is 0 Å². The highest BCUT2D eigenvalue weighted by molar-refractivity contribution is 5.96. The Labute approximate surface area is 232 Å². The zero-order valence-electron chi connectivity index (χ0n) is 25.5. The minimum atomic E-state index is 0.0580. The topological polar surface area (TPSA) is 92.0 Å². The first-order chi connectivity index (χ1) is 18.1. The van der Waals surface area contributed by atoms with Gasteiger partial charge in [-0.25, -0.2) is 0 Å². The van der Waals surface area contributed by atoms with Crippen molar-refractivity contribution in [2.45, 2.75) is 112 Å². The van der Waals surface area contributed by atoms with Crippen molar-refractivity contribution in [1.82, 2.24) is 0 Å². The van der Waals surface area contributed by atoms with Gasteiger partial charge in [-0.05, 0) is 63.5 Å². The number of phenols is 1. The van der Waals surface area contributed by atoms with Crippen LogP contribution in [0, 0.1) is 5.41 Å². The zero-order chi connectivity index (χ0) is 29.3. The van der Waals surface area contributed by atoms with Gasteiger partial charge in [0.05, 0.1) is 13.2 Å². The van der Waals surface area contributed by atoms with Gasteiger partial charge >= 0.3 is 0 Å². The second-order valence-electron chi connectivity index (χ2n) is 9.15. The number of aliphatic imine (C=N–C) groups is 1. The number of rotatable bonds is 15. The highest BCUT2D eigenvalue weighted by Crippen LogP contribution is 2.22. The summed E-state index contributed by atoms with van der Waals surface area (Å²) >= 11 is 0. The highest BCUT2D eigenvalue weighted by atomic mass is 16.5. The second-order valence-corrected chi connectivity index (χ2v) is 9.15. The van der Waals surface area contributed by atoms with Gasteiger partial charge in [0.15, 0.2) is 5.78 Å². The van der Waals surface area contributed by atoms with Gasteiger partial charge < -0.3 is 20.0 Å². The predicted molar refractivity (Wildman–Crippen MR) is 163 cm³/mol. The van der Waals surface area contributed by atoms with Gasteiger partial charge in [0.2, 0.25) is 0 Å². The molecule has 0 radical (unpaired) electrons. The van der Waals surface area contributed by atoms with E-state index in [0.29, 0.717) is 29.9 Å². The lowest BCUT2D eigenvalue weighted by molar-refractivity contribution is 0.0978. The molecule has 0 aromatic heterocycles. The van der Waals surface area contributed by atoms with Crippen molar-refractivity contribution in [1.29, 1.82) is 5.41 Å². The van der Waals surface area contributed by atoms with E-state index in [1.54, 1.807) is 20.0 Å². The lowest BCUT2D eigenvalue weighted by Gasteiger charge is -2.16. The van der Waals surface area contributed by atoms with E-state index in [0.717, 1.165) is 43.6 Å². The van der Waals surface area contributed by atoms with Gasteiger partial charge in [-0.2, -0.15) is 0 Å². The van der Waals surface area contributed by atoms with Crippen molar-refractivity contribution in [3.05, 3.63) is 47.7 Å². The fraction of sp³-hybridized carbons (Fsp3) is 0.594. The number of phenolic OH excluding ortho intramolecular Hbond substituents is 1. The number of carbonyl (C=O) groups excluding carboxylic acids is 1. The number of hydrogen-bond donors (Lipinski definition) is 2. The van der Waals surface area contributed by atoms with Gasteiger partial charge in [0.1, 0.15) is 17.3 Å². The molecule has 216 valence electrons. The third-order valence-electron chi connectivity index (χ3n) is 5.62. The molecule has 0 bridgehead atoms. The molecule has 0 heterocycles. The molecule has 0 spiro atoms. The van der Waals surface area contributed by atoms with Gasteiger partial charge in [-0.15, -0.1) is 0 Å². The van der Waals surface area contributed by atoms with Crippen LogP contribution in [0.5, 0.6) is 11.5 Å². The number of carbonyl (C=O) groups is 1. The van der Waals surface area contributed by atoms with Crippen LogP contribution in [0.25, 0.3) is 0 Å². The molecule has 0 amide bonds. The summed E-state index contributed by atoms with van der Waals surface area (Å²) in [7, 11) is 3.28. The minimum absolute atomic E-state index is 0.0580. The number of ether oxygens (including phenoxy) is 2. The number of nitrogens with zero attached hydrogens (tertiary/aromatic N) is 1. The maximum absolute atomic E-state index is 11.8. The van der Waals surface area contributed by atoms with Crippen LogP contribution in [-0.2, 0) is 4.74 Å². The van der Waals surface area contributed by atoms with E-state index >= 15 is 0 Å². The molecule has 0 saturated carbocycles. The van der Waals surface area contributed by atoms with Crippen molar-refractivity contribution in [2.24, 2.45) is 4.99 Å². The first kappa shape index (κ1) is 37.3. The summed E-state index contributed by atoms with van der Waals surface area (Å²) in [6, 6.07) is 4.63. The number of hydrogen-bond acceptors (Lipinski definition) is 6. The molecule has 6 nitrogen and oxygen atoms in total. The van der Waals surface area contributed by atoms with Crippen molar-refractivity contribution in [3.63, 3.8) is 0 Å². The fourth-order valence-corrected chi connectivity index (χ4v) is 2.88. The molecule has 38 heavy (non-hydrogen) atoms. The van der Waals surface area contributed by atoms with Crippen LogP contribution in [0.1, 0.15) is 117 Å². The van der Waals surface area contributed by atoms with E-state index in [-0.39, 0.29) is 17.6 Å². The maximum Gasteiger partial charge on any atom is 0.163 e. The first-order valence-corrected chi connectivity index (χ1v) is 14.0. The molecule has 0 fully saturated rings. The summed E-state index contributed by atoms with van der Waals surface area (Å²) in [4.78, 5) is 15.9. The predicted octanol–water partition coefficient (Wildman–Crippen LogP) is 9.12. The Kier molecular flexibility index (Phi) is 24.0. The number of methoxy groups -OCH3 is 1. The average molecular weight is 531 g/mol. The molecule has 0 aliphatic heterocycles.